The fourth-order valence-corrected chi connectivity index (χ4v) is 5.02. The largest absolute Gasteiger partial charge is 0.280 e. The lowest BCUT2D eigenvalue weighted by atomic mass is 10.1. The van der Waals surface area contributed by atoms with E-state index in [-0.39, 0.29) is 10.6 Å². The Morgan fingerprint density at radius 1 is 0.710 bits per heavy atom. The summed E-state index contributed by atoms with van der Waals surface area (Å²) in [7, 11) is -7.74. The molecular weight excluding hydrogens is 432 g/mol. The van der Waals surface area contributed by atoms with Crippen LogP contribution in [0.3, 0.4) is 0 Å². The third-order valence-electron chi connectivity index (χ3n) is 4.64. The average molecular weight is 457 g/mol. The molecule has 0 bridgehead atoms. The topological polar surface area (TPSA) is 92.3 Å². The fraction of sp³-hybridized carbons (Fsp3) is 0.130. The van der Waals surface area contributed by atoms with Crippen molar-refractivity contribution in [3.05, 3.63) is 94.4 Å². The summed E-state index contributed by atoms with van der Waals surface area (Å²) in [5.74, 6) is 0. The zero-order valence-electron chi connectivity index (χ0n) is 17.5. The van der Waals surface area contributed by atoms with Gasteiger partial charge in [0.25, 0.3) is 20.0 Å². The Hall–Kier alpha value is -3.10. The Morgan fingerprint density at radius 3 is 2.10 bits per heavy atom. The first-order valence-corrected chi connectivity index (χ1v) is 12.6. The molecule has 6 nitrogen and oxygen atoms in total. The van der Waals surface area contributed by atoms with Gasteiger partial charge in [-0.15, -0.1) is 0 Å². The number of rotatable bonds is 7. The van der Waals surface area contributed by atoms with Gasteiger partial charge in [-0.1, -0.05) is 54.1 Å². The first-order valence-electron chi connectivity index (χ1n) is 9.52. The number of nitrogens with one attached hydrogen (secondary N) is 2. The Labute approximate surface area is 183 Å². The summed E-state index contributed by atoms with van der Waals surface area (Å²) in [6, 6.07) is 18.7. The van der Waals surface area contributed by atoms with E-state index in [1.807, 2.05) is 32.0 Å². The number of benzene rings is 3. The molecule has 0 aromatic heterocycles. The number of hydrogen-bond acceptors (Lipinski definition) is 4. The molecule has 2 N–H and O–H groups in total. The van der Waals surface area contributed by atoms with E-state index in [0.29, 0.717) is 11.3 Å². The summed E-state index contributed by atoms with van der Waals surface area (Å²) in [5.41, 5.74) is 3.82. The Balaban J connectivity index is 1.86. The van der Waals surface area contributed by atoms with Gasteiger partial charge in [0.15, 0.2) is 0 Å². The van der Waals surface area contributed by atoms with Gasteiger partial charge in [0.05, 0.1) is 21.7 Å². The van der Waals surface area contributed by atoms with E-state index in [9.17, 15) is 16.8 Å². The highest BCUT2D eigenvalue weighted by molar-refractivity contribution is 7.95. The van der Waals surface area contributed by atoms with Gasteiger partial charge in [-0.25, -0.2) is 16.8 Å². The highest BCUT2D eigenvalue weighted by atomic mass is 32.2. The lowest BCUT2D eigenvalue weighted by molar-refractivity contribution is 0.600. The molecule has 3 aromatic rings. The summed E-state index contributed by atoms with van der Waals surface area (Å²) in [5, 5.41) is 1.05. The number of anilines is 2. The molecule has 0 aliphatic carbocycles. The third-order valence-corrected chi connectivity index (χ3v) is 7.00. The number of hydrogen-bond donors (Lipinski definition) is 2. The van der Waals surface area contributed by atoms with Crippen LogP contribution in [-0.4, -0.2) is 16.8 Å². The van der Waals surface area contributed by atoms with Crippen LogP contribution in [0.25, 0.3) is 6.08 Å². The van der Waals surface area contributed by atoms with Crippen LogP contribution >= 0.6 is 0 Å². The monoisotopic (exact) mass is 456 g/mol. The van der Waals surface area contributed by atoms with Crippen LogP contribution in [0.4, 0.5) is 11.4 Å². The summed E-state index contributed by atoms with van der Waals surface area (Å²) in [6.45, 7) is 5.45. The van der Waals surface area contributed by atoms with Gasteiger partial charge in [-0.05, 0) is 61.7 Å². The molecule has 0 atom stereocenters. The van der Waals surface area contributed by atoms with Gasteiger partial charge < -0.3 is 0 Å². The van der Waals surface area contributed by atoms with Crippen molar-refractivity contribution in [3.8, 4) is 0 Å². The van der Waals surface area contributed by atoms with Crippen LogP contribution in [0.1, 0.15) is 22.3 Å². The van der Waals surface area contributed by atoms with Crippen molar-refractivity contribution in [3.63, 3.8) is 0 Å². The van der Waals surface area contributed by atoms with Crippen LogP contribution in [0.5, 0.6) is 0 Å². The maximum Gasteiger partial charge on any atom is 0.261 e. The molecule has 0 spiro atoms. The molecule has 3 rings (SSSR count). The molecule has 0 aliphatic rings. The highest BCUT2D eigenvalue weighted by Crippen LogP contribution is 2.25. The number of sulfonamides is 2. The summed E-state index contributed by atoms with van der Waals surface area (Å²) in [4.78, 5) is -0.0391. The molecule has 31 heavy (non-hydrogen) atoms. The van der Waals surface area contributed by atoms with Crippen LogP contribution in [0, 0.1) is 20.8 Å². The smallest absolute Gasteiger partial charge is 0.261 e. The number of aryl methyl sites for hydroxylation is 3. The van der Waals surface area contributed by atoms with E-state index in [1.165, 1.54) is 18.2 Å². The predicted octanol–water partition coefficient (Wildman–Crippen LogP) is 4.83. The zero-order chi connectivity index (χ0) is 22.6. The van der Waals surface area contributed by atoms with E-state index < -0.39 is 20.0 Å². The molecule has 0 radical (unpaired) electrons. The Bertz CT molecular complexity index is 1330. The summed E-state index contributed by atoms with van der Waals surface area (Å²) in [6.07, 6.45) is 1.47. The van der Waals surface area contributed by atoms with Crippen molar-refractivity contribution in [2.45, 2.75) is 25.7 Å². The van der Waals surface area contributed by atoms with Crippen LogP contribution in [0.15, 0.2) is 77.0 Å². The van der Waals surface area contributed by atoms with Crippen molar-refractivity contribution in [1.29, 1.82) is 0 Å². The Kier molecular flexibility index (Phi) is 6.52. The lowest BCUT2D eigenvalue weighted by Crippen LogP contribution is -2.15. The maximum absolute atomic E-state index is 12.9. The van der Waals surface area contributed by atoms with E-state index >= 15 is 0 Å². The summed E-state index contributed by atoms with van der Waals surface area (Å²) < 4.78 is 55.7. The Morgan fingerprint density at radius 2 is 1.42 bits per heavy atom. The van der Waals surface area contributed by atoms with Crippen molar-refractivity contribution < 1.29 is 16.8 Å². The van der Waals surface area contributed by atoms with Gasteiger partial charge in [-0.3, -0.25) is 9.44 Å². The molecule has 0 saturated carbocycles. The molecular formula is C23H24N2O4S2. The van der Waals surface area contributed by atoms with Crippen molar-refractivity contribution >= 4 is 37.5 Å². The second-order valence-corrected chi connectivity index (χ2v) is 10.5. The van der Waals surface area contributed by atoms with Crippen LogP contribution < -0.4 is 9.44 Å². The van der Waals surface area contributed by atoms with Gasteiger partial charge >= 0.3 is 0 Å². The average Bonchev–Trinajstić information content (AvgIpc) is 2.71. The molecule has 0 amide bonds. The summed E-state index contributed by atoms with van der Waals surface area (Å²) >= 11 is 0. The maximum atomic E-state index is 12.9. The standard InChI is InChI=1S/C23H24N2O4S2/c1-17-9-12-22(19(3)15-17)25-31(28,29)21-11-10-18(2)23(16-21)24-30(26,27)14-13-20-7-5-4-6-8-20/h4-16,24-25H,1-3H3/b14-13+. The van der Waals surface area contributed by atoms with Crippen molar-refractivity contribution in [1.82, 2.24) is 0 Å². The lowest BCUT2D eigenvalue weighted by Gasteiger charge is -2.14. The minimum Gasteiger partial charge on any atom is -0.280 e. The van der Waals surface area contributed by atoms with Crippen LogP contribution in [-0.2, 0) is 20.0 Å². The predicted molar refractivity (Wildman–Crippen MR) is 126 cm³/mol. The van der Waals surface area contributed by atoms with Gasteiger partial charge in [0.2, 0.25) is 0 Å². The molecule has 0 heterocycles. The highest BCUT2D eigenvalue weighted by Gasteiger charge is 2.18. The van der Waals surface area contributed by atoms with Gasteiger partial charge in [0, 0.05) is 0 Å². The van der Waals surface area contributed by atoms with Crippen molar-refractivity contribution in [2.75, 3.05) is 9.44 Å². The second kappa shape index (κ2) is 8.95. The van der Waals surface area contributed by atoms with E-state index in [4.69, 9.17) is 0 Å². The SMILES string of the molecule is Cc1ccc(NS(=O)(=O)c2ccc(C)c(NS(=O)(=O)/C=C/c3ccccc3)c2)c(C)c1. The first-order chi connectivity index (χ1) is 14.6. The minimum atomic E-state index is -3.90. The molecule has 3 aromatic carbocycles. The van der Waals surface area contributed by atoms with Gasteiger partial charge in [-0.2, -0.15) is 0 Å². The van der Waals surface area contributed by atoms with E-state index in [0.717, 1.165) is 22.1 Å². The molecule has 0 aliphatic heterocycles. The molecule has 0 fully saturated rings. The second-order valence-electron chi connectivity index (χ2n) is 7.26. The molecule has 0 unspecified atom stereocenters. The minimum absolute atomic E-state index is 0.0391. The van der Waals surface area contributed by atoms with Crippen molar-refractivity contribution in [2.24, 2.45) is 0 Å². The molecule has 162 valence electrons. The molecule has 8 heteroatoms. The molecule has 0 saturated heterocycles. The fourth-order valence-electron chi connectivity index (χ4n) is 2.93. The quantitative estimate of drug-likeness (QED) is 0.533. The zero-order valence-corrected chi connectivity index (χ0v) is 19.1. The van der Waals surface area contributed by atoms with E-state index in [1.54, 1.807) is 43.3 Å². The van der Waals surface area contributed by atoms with Crippen LogP contribution in [0.2, 0.25) is 0 Å². The first kappa shape index (κ1) is 22.6. The van der Waals surface area contributed by atoms with Gasteiger partial charge in [0.1, 0.15) is 0 Å². The normalized spacial score (nSPS) is 12.1. The van der Waals surface area contributed by atoms with E-state index in [2.05, 4.69) is 9.44 Å². The third kappa shape index (κ3) is 5.96.